The van der Waals surface area contributed by atoms with Crippen molar-refractivity contribution in [2.24, 2.45) is 0 Å². The fourth-order valence-electron chi connectivity index (χ4n) is 2.56. The summed E-state index contributed by atoms with van der Waals surface area (Å²) < 4.78 is 97.8. The van der Waals surface area contributed by atoms with Gasteiger partial charge in [0.25, 0.3) is 0 Å². The first kappa shape index (κ1) is 20.4. The second-order valence-corrected chi connectivity index (χ2v) is 5.64. The number of ether oxygens (including phenoxy) is 2. The van der Waals surface area contributed by atoms with Crippen molar-refractivity contribution in [1.82, 2.24) is 4.98 Å². The molecule has 0 bridgehead atoms. The molecule has 3 nitrogen and oxygen atoms in total. The van der Waals surface area contributed by atoms with Crippen molar-refractivity contribution < 1.29 is 40.2 Å². The highest BCUT2D eigenvalue weighted by Gasteiger charge is 2.33. The van der Waals surface area contributed by atoms with E-state index < -0.39 is 30.0 Å². The van der Waals surface area contributed by atoms with Gasteiger partial charge in [-0.15, -0.1) is 26.3 Å². The van der Waals surface area contributed by atoms with Crippen LogP contribution < -0.4 is 9.47 Å². The molecule has 0 N–H and O–H groups in total. The summed E-state index contributed by atoms with van der Waals surface area (Å²) in [6, 6.07) is 11.4. The Kier molecular flexibility index (Phi) is 5.36. The highest BCUT2D eigenvalue weighted by molar-refractivity contribution is 5.73. The molecule has 0 atom stereocenters. The van der Waals surface area contributed by atoms with E-state index in [-0.39, 0.29) is 22.5 Å². The lowest BCUT2D eigenvalue weighted by Crippen LogP contribution is -2.18. The van der Waals surface area contributed by atoms with Crippen LogP contribution in [0.3, 0.4) is 0 Å². The van der Waals surface area contributed by atoms with Gasteiger partial charge in [-0.1, -0.05) is 24.3 Å². The fraction of sp³-hybridized carbons (Fsp3) is 0.105. The van der Waals surface area contributed by atoms with Crippen molar-refractivity contribution in [2.75, 3.05) is 0 Å². The minimum atomic E-state index is -5.00. The summed E-state index contributed by atoms with van der Waals surface area (Å²) in [5, 5.41) is 0. The van der Waals surface area contributed by atoms with Gasteiger partial charge in [-0.25, -0.2) is 9.37 Å². The summed E-state index contributed by atoms with van der Waals surface area (Å²) in [4.78, 5) is 4.02. The van der Waals surface area contributed by atoms with E-state index in [1.807, 2.05) is 0 Å². The number of rotatable bonds is 4. The Hall–Kier alpha value is -3.30. The van der Waals surface area contributed by atoms with E-state index in [4.69, 9.17) is 0 Å². The standard InChI is InChI=1S/C19H10F7NO2/c20-11-9-14(12-5-1-3-7-16(12)28-18(21,22)23)27-15(10-11)13-6-2-4-8-17(13)29-19(24,25)26/h1-10H. The predicted octanol–water partition coefficient (Wildman–Crippen LogP) is 6.35. The summed E-state index contributed by atoms with van der Waals surface area (Å²) >= 11 is 0. The number of alkyl halides is 6. The third-order valence-corrected chi connectivity index (χ3v) is 3.57. The molecular weight excluding hydrogens is 407 g/mol. The van der Waals surface area contributed by atoms with Crippen LogP contribution in [0.5, 0.6) is 11.5 Å². The Morgan fingerprint density at radius 2 is 1.00 bits per heavy atom. The van der Waals surface area contributed by atoms with Crippen LogP contribution in [0.1, 0.15) is 0 Å². The van der Waals surface area contributed by atoms with E-state index in [1.54, 1.807) is 0 Å². The smallest absolute Gasteiger partial charge is 0.405 e. The summed E-state index contributed by atoms with van der Waals surface area (Å²) in [5.41, 5.74) is -0.914. The van der Waals surface area contributed by atoms with Crippen LogP contribution in [0.2, 0.25) is 0 Å². The Labute approximate surface area is 159 Å². The van der Waals surface area contributed by atoms with Crippen LogP contribution in [-0.4, -0.2) is 17.7 Å². The Balaban J connectivity index is 2.11. The van der Waals surface area contributed by atoms with Gasteiger partial charge in [-0.3, -0.25) is 0 Å². The largest absolute Gasteiger partial charge is 0.573 e. The SMILES string of the molecule is Fc1cc(-c2ccccc2OC(F)(F)F)nc(-c2ccccc2OC(F)(F)F)c1. The lowest BCUT2D eigenvalue weighted by atomic mass is 10.1. The van der Waals surface area contributed by atoms with Gasteiger partial charge in [0.1, 0.15) is 17.3 Å². The van der Waals surface area contributed by atoms with Crippen LogP contribution in [-0.2, 0) is 0 Å². The molecule has 1 heterocycles. The number of nitrogens with zero attached hydrogens (tertiary/aromatic N) is 1. The van der Waals surface area contributed by atoms with E-state index in [9.17, 15) is 30.7 Å². The van der Waals surface area contributed by atoms with Gasteiger partial charge in [-0.2, -0.15) is 0 Å². The maximum Gasteiger partial charge on any atom is 0.573 e. The third kappa shape index (κ3) is 5.37. The number of hydrogen-bond acceptors (Lipinski definition) is 3. The number of para-hydroxylation sites is 2. The Morgan fingerprint density at radius 3 is 1.38 bits per heavy atom. The molecule has 0 aliphatic heterocycles. The van der Waals surface area contributed by atoms with Crippen molar-refractivity contribution in [1.29, 1.82) is 0 Å². The van der Waals surface area contributed by atoms with Gasteiger partial charge >= 0.3 is 12.7 Å². The fourth-order valence-corrected chi connectivity index (χ4v) is 2.56. The quantitative estimate of drug-likeness (QED) is 0.464. The number of aromatic nitrogens is 1. The molecule has 3 rings (SSSR count). The number of hydrogen-bond donors (Lipinski definition) is 0. The molecule has 2 aromatic carbocycles. The van der Waals surface area contributed by atoms with Crippen LogP contribution in [0, 0.1) is 5.82 Å². The minimum absolute atomic E-state index is 0.195. The van der Waals surface area contributed by atoms with E-state index in [0.29, 0.717) is 0 Å². The first-order valence-corrected chi connectivity index (χ1v) is 7.90. The van der Waals surface area contributed by atoms with Gasteiger partial charge in [0.15, 0.2) is 0 Å². The maximum atomic E-state index is 14.2. The zero-order valence-electron chi connectivity index (χ0n) is 14.2. The second-order valence-electron chi connectivity index (χ2n) is 5.64. The van der Waals surface area contributed by atoms with Crippen molar-refractivity contribution >= 4 is 0 Å². The maximum absolute atomic E-state index is 14.2. The van der Waals surface area contributed by atoms with Crippen LogP contribution >= 0.6 is 0 Å². The molecule has 0 spiro atoms. The molecule has 0 aliphatic carbocycles. The molecule has 0 saturated carbocycles. The van der Waals surface area contributed by atoms with E-state index in [0.717, 1.165) is 24.3 Å². The second kappa shape index (κ2) is 7.61. The highest BCUT2D eigenvalue weighted by atomic mass is 19.4. The Morgan fingerprint density at radius 1 is 0.621 bits per heavy atom. The van der Waals surface area contributed by atoms with Crippen LogP contribution in [0.15, 0.2) is 60.7 Å². The number of halogens is 7. The van der Waals surface area contributed by atoms with Crippen LogP contribution in [0.4, 0.5) is 30.7 Å². The molecule has 0 unspecified atom stereocenters. The molecule has 0 saturated heterocycles. The molecule has 0 amide bonds. The molecule has 3 aromatic rings. The van der Waals surface area contributed by atoms with Gasteiger partial charge in [0, 0.05) is 23.3 Å². The average molecular weight is 417 g/mol. The zero-order chi connectivity index (χ0) is 21.2. The highest BCUT2D eigenvalue weighted by Crippen LogP contribution is 2.37. The van der Waals surface area contributed by atoms with Gasteiger partial charge in [0.2, 0.25) is 0 Å². The average Bonchev–Trinajstić information content (AvgIpc) is 2.59. The summed E-state index contributed by atoms with van der Waals surface area (Å²) in [6.45, 7) is 0. The number of benzene rings is 2. The predicted molar refractivity (Wildman–Crippen MR) is 88.4 cm³/mol. The van der Waals surface area contributed by atoms with Crippen molar-refractivity contribution in [2.45, 2.75) is 12.7 Å². The normalized spacial score (nSPS) is 12.0. The summed E-state index contributed by atoms with van der Waals surface area (Å²) in [6.07, 6.45) is -10.0. The summed E-state index contributed by atoms with van der Waals surface area (Å²) in [7, 11) is 0. The summed E-state index contributed by atoms with van der Waals surface area (Å²) in [5.74, 6) is -2.19. The van der Waals surface area contributed by atoms with Crippen molar-refractivity contribution in [3.8, 4) is 34.0 Å². The monoisotopic (exact) mass is 417 g/mol. The van der Waals surface area contributed by atoms with Crippen molar-refractivity contribution in [3.63, 3.8) is 0 Å². The van der Waals surface area contributed by atoms with Gasteiger partial charge in [0.05, 0.1) is 11.4 Å². The van der Waals surface area contributed by atoms with E-state index in [1.165, 1.54) is 36.4 Å². The first-order valence-electron chi connectivity index (χ1n) is 7.90. The Bertz CT molecular complexity index is 938. The molecular formula is C19H10F7NO2. The van der Waals surface area contributed by atoms with Gasteiger partial charge < -0.3 is 9.47 Å². The molecule has 10 heteroatoms. The lowest BCUT2D eigenvalue weighted by Gasteiger charge is -2.15. The number of pyridine rings is 1. The molecule has 0 aliphatic rings. The lowest BCUT2D eigenvalue weighted by molar-refractivity contribution is -0.275. The van der Waals surface area contributed by atoms with Crippen molar-refractivity contribution in [3.05, 3.63) is 66.5 Å². The first-order chi connectivity index (χ1) is 13.5. The molecule has 152 valence electrons. The molecule has 29 heavy (non-hydrogen) atoms. The molecule has 1 aromatic heterocycles. The third-order valence-electron chi connectivity index (χ3n) is 3.57. The zero-order valence-corrected chi connectivity index (χ0v) is 14.2. The van der Waals surface area contributed by atoms with Gasteiger partial charge in [-0.05, 0) is 24.3 Å². The molecule has 0 radical (unpaired) electrons. The minimum Gasteiger partial charge on any atom is -0.405 e. The van der Waals surface area contributed by atoms with E-state index >= 15 is 0 Å². The topological polar surface area (TPSA) is 31.4 Å². The molecule has 0 fully saturated rings. The van der Waals surface area contributed by atoms with E-state index in [2.05, 4.69) is 14.5 Å². The van der Waals surface area contributed by atoms with Crippen LogP contribution in [0.25, 0.3) is 22.5 Å².